The van der Waals surface area contributed by atoms with Crippen LogP contribution in [-0.2, 0) is 30.8 Å². The molecule has 0 radical (unpaired) electrons. The Hall–Kier alpha value is -2.91. The lowest BCUT2D eigenvalue weighted by Crippen LogP contribution is -2.56. The van der Waals surface area contributed by atoms with Crippen molar-refractivity contribution in [3.63, 3.8) is 0 Å². The number of hydrogen-bond acceptors (Lipinski definition) is 4. The van der Waals surface area contributed by atoms with E-state index in [1.807, 2.05) is 4.90 Å². The molecule has 2 aliphatic heterocycles. The van der Waals surface area contributed by atoms with Crippen molar-refractivity contribution in [3.05, 3.63) is 35.4 Å². The van der Waals surface area contributed by atoms with Crippen LogP contribution in [0.15, 0.2) is 24.3 Å². The molecule has 10 heteroatoms. The third kappa shape index (κ3) is 4.79. The van der Waals surface area contributed by atoms with Crippen molar-refractivity contribution in [2.24, 2.45) is 0 Å². The van der Waals surface area contributed by atoms with Gasteiger partial charge in [-0.15, -0.1) is 0 Å². The van der Waals surface area contributed by atoms with E-state index in [9.17, 15) is 32.3 Å². The van der Waals surface area contributed by atoms with Crippen LogP contribution < -0.4 is 0 Å². The molecule has 7 nitrogen and oxygen atoms in total. The van der Waals surface area contributed by atoms with Gasteiger partial charge in [0.2, 0.25) is 23.6 Å². The average Bonchev–Trinajstić information content (AvgIpc) is 3.08. The highest BCUT2D eigenvalue weighted by atomic mass is 19.4. The molecular formula is C25H30F3N3O4. The van der Waals surface area contributed by atoms with Gasteiger partial charge in [0.05, 0.1) is 17.5 Å². The molecule has 1 aromatic carbocycles. The SMILES string of the molecule is CCN1C(=O)CC(CC(=O)N2CCN(C3CCCCC3)C(=O)C2)(c2cccc(C(F)(F)F)c2)C1=O. The number of likely N-dealkylation sites (N-methyl/N-ethyl adjacent to an activating group) is 1. The Kier molecular flexibility index (Phi) is 6.92. The first-order chi connectivity index (χ1) is 16.6. The summed E-state index contributed by atoms with van der Waals surface area (Å²) in [6.45, 7) is 2.21. The number of piperazine rings is 1. The van der Waals surface area contributed by atoms with Gasteiger partial charge in [-0.3, -0.25) is 24.1 Å². The minimum atomic E-state index is -4.64. The lowest BCUT2D eigenvalue weighted by molar-refractivity contribution is -0.149. The first kappa shape index (κ1) is 25.2. The second-order valence-electron chi connectivity index (χ2n) is 9.65. The maximum absolute atomic E-state index is 13.4. The zero-order chi connectivity index (χ0) is 25.4. The fraction of sp³-hybridized carbons (Fsp3) is 0.600. The van der Waals surface area contributed by atoms with Crippen LogP contribution in [0.25, 0.3) is 0 Å². The predicted molar refractivity (Wildman–Crippen MR) is 120 cm³/mol. The van der Waals surface area contributed by atoms with Crippen LogP contribution in [0.5, 0.6) is 0 Å². The molecule has 0 spiro atoms. The summed E-state index contributed by atoms with van der Waals surface area (Å²) in [5.41, 5.74) is -2.69. The summed E-state index contributed by atoms with van der Waals surface area (Å²) in [4.78, 5) is 56.3. The van der Waals surface area contributed by atoms with Crippen LogP contribution in [0.2, 0.25) is 0 Å². The van der Waals surface area contributed by atoms with Crippen LogP contribution >= 0.6 is 0 Å². The van der Waals surface area contributed by atoms with Gasteiger partial charge in [-0.05, 0) is 31.4 Å². The minimum Gasteiger partial charge on any atom is -0.336 e. The third-order valence-corrected chi connectivity index (χ3v) is 7.55. The largest absolute Gasteiger partial charge is 0.416 e. The molecule has 1 saturated carbocycles. The van der Waals surface area contributed by atoms with E-state index in [2.05, 4.69) is 0 Å². The summed E-state index contributed by atoms with van der Waals surface area (Å²) in [5, 5.41) is 0. The maximum Gasteiger partial charge on any atom is 0.416 e. The number of alkyl halides is 3. The van der Waals surface area contributed by atoms with Crippen molar-refractivity contribution >= 4 is 23.6 Å². The summed E-state index contributed by atoms with van der Waals surface area (Å²) in [5.74, 6) is -1.88. The first-order valence-corrected chi connectivity index (χ1v) is 12.2. The van der Waals surface area contributed by atoms with E-state index in [1.165, 1.54) is 17.0 Å². The van der Waals surface area contributed by atoms with Crippen molar-refractivity contribution < 1.29 is 32.3 Å². The Bertz CT molecular complexity index is 1020. The van der Waals surface area contributed by atoms with Gasteiger partial charge in [-0.1, -0.05) is 37.5 Å². The highest BCUT2D eigenvalue weighted by Crippen LogP contribution is 2.42. The van der Waals surface area contributed by atoms with Crippen LogP contribution in [-0.4, -0.2) is 70.5 Å². The highest BCUT2D eigenvalue weighted by molar-refractivity contribution is 6.10. The standard InChI is InChI=1S/C25H30F3N3O4/c1-2-30-21(33)15-24(23(30)35,17-7-6-8-18(13-17)25(26,27)28)14-20(32)29-11-12-31(22(34)16-29)19-9-4-3-5-10-19/h6-8,13,19H,2-5,9-12,14-16H2,1H3. The van der Waals surface area contributed by atoms with Gasteiger partial charge in [0.25, 0.3) is 0 Å². The van der Waals surface area contributed by atoms with E-state index in [0.29, 0.717) is 13.1 Å². The monoisotopic (exact) mass is 493 g/mol. The maximum atomic E-state index is 13.4. The van der Waals surface area contributed by atoms with E-state index < -0.39 is 41.3 Å². The van der Waals surface area contributed by atoms with Gasteiger partial charge < -0.3 is 9.80 Å². The van der Waals surface area contributed by atoms with Crippen LogP contribution in [0, 0.1) is 0 Å². The van der Waals surface area contributed by atoms with E-state index in [0.717, 1.165) is 49.1 Å². The number of rotatable bonds is 5. The van der Waals surface area contributed by atoms with Gasteiger partial charge in [0.1, 0.15) is 0 Å². The van der Waals surface area contributed by atoms with E-state index in [4.69, 9.17) is 0 Å². The molecule has 1 atom stereocenters. The summed E-state index contributed by atoms with van der Waals surface area (Å²) in [7, 11) is 0. The van der Waals surface area contributed by atoms with Gasteiger partial charge in [-0.25, -0.2) is 0 Å². The fourth-order valence-electron chi connectivity index (χ4n) is 5.63. The first-order valence-electron chi connectivity index (χ1n) is 12.2. The molecule has 4 amide bonds. The second kappa shape index (κ2) is 9.62. The van der Waals surface area contributed by atoms with E-state index >= 15 is 0 Å². The van der Waals surface area contributed by atoms with Crippen LogP contribution in [0.4, 0.5) is 13.2 Å². The molecule has 0 N–H and O–H groups in total. The summed E-state index contributed by atoms with van der Waals surface area (Å²) >= 11 is 0. The molecule has 1 aliphatic carbocycles. The van der Waals surface area contributed by atoms with Crippen LogP contribution in [0.1, 0.15) is 63.0 Å². The molecule has 2 saturated heterocycles. The van der Waals surface area contributed by atoms with Gasteiger partial charge >= 0.3 is 6.18 Å². The van der Waals surface area contributed by atoms with Crippen molar-refractivity contribution in [1.82, 2.24) is 14.7 Å². The number of carbonyl (C=O) groups excluding carboxylic acids is 4. The number of halogens is 3. The molecule has 4 rings (SSSR count). The Morgan fingerprint density at radius 2 is 1.77 bits per heavy atom. The molecule has 190 valence electrons. The molecule has 1 aromatic rings. The smallest absolute Gasteiger partial charge is 0.336 e. The lowest BCUT2D eigenvalue weighted by Gasteiger charge is -2.41. The third-order valence-electron chi connectivity index (χ3n) is 7.55. The zero-order valence-electron chi connectivity index (χ0n) is 19.8. The lowest BCUT2D eigenvalue weighted by atomic mass is 9.75. The van der Waals surface area contributed by atoms with Crippen molar-refractivity contribution in [3.8, 4) is 0 Å². The molecule has 35 heavy (non-hydrogen) atoms. The van der Waals surface area contributed by atoms with Gasteiger partial charge in [0, 0.05) is 38.5 Å². The number of nitrogens with zero attached hydrogens (tertiary/aromatic N) is 3. The Balaban J connectivity index is 1.58. The number of imide groups is 1. The summed E-state index contributed by atoms with van der Waals surface area (Å²) < 4.78 is 40.2. The minimum absolute atomic E-state index is 0.0119. The Morgan fingerprint density at radius 3 is 2.37 bits per heavy atom. The fourth-order valence-corrected chi connectivity index (χ4v) is 5.63. The normalized spacial score (nSPS) is 24.5. The number of carbonyl (C=O) groups is 4. The summed E-state index contributed by atoms with van der Waals surface area (Å²) in [6, 6.07) is 4.46. The predicted octanol–water partition coefficient (Wildman–Crippen LogP) is 3.12. The summed E-state index contributed by atoms with van der Waals surface area (Å²) in [6.07, 6.45) is -0.304. The average molecular weight is 494 g/mol. The molecule has 2 heterocycles. The molecule has 1 unspecified atom stereocenters. The van der Waals surface area contributed by atoms with Crippen molar-refractivity contribution in [1.29, 1.82) is 0 Å². The number of hydrogen-bond donors (Lipinski definition) is 0. The quantitative estimate of drug-likeness (QED) is 0.591. The zero-order valence-corrected chi connectivity index (χ0v) is 19.8. The number of likely N-dealkylation sites (tertiary alicyclic amines) is 1. The van der Waals surface area contributed by atoms with Crippen molar-refractivity contribution in [2.75, 3.05) is 26.2 Å². The van der Waals surface area contributed by atoms with Crippen LogP contribution in [0.3, 0.4) is 0 Å². The molecule has 0 aromatic heterocycles. The Labute approximate surface area is 202 Å². The van der Waals surface area contributed by atoms with E-state index in [-0.39, 0.29) is 37.0 Å². The van der Waals surface area contributed by atoms with Crippen molar-refractivity contribution in [2.45, 2.75) is 69.5 Å². The van der Waals surface area contributed by atoms with E-state index in [1.54, 1.807) is 6.92 Å². The Morgan fingerprint density at radius 1 is 1.06 bits per heavy atom. The van der Waals surface area contributed by atoms with Gasteiger partial charge in [0.15, 0.2) is 0 Å². The molecule has 3 fully saturated rings. The molecule has 3 aliphatic rings. The highest BCUT2D eigenvalue weighted by Gasteiger charge is 2.54. The molecule has 0 bridgehead atoms. The van der Waals surface area contributed by atoms with Gasteiger partial charge in [-0.2, -0.15) is 13.2 Å². The topological polar surface area (TPSA) is 78.0 Å². The number of benzene rings is 1. The number of amides is 4. The second-order valence-corrected chi connectivity index (χ2v) is 9.65. The molecular weight excluding hydrogens is 463 g/mol.